The number of carbonyl (C=O) groups is 2. The first-order chi connectivity index (χ1) is 17.1. The molecule has 3 aromatic rings. The molecule has 0 saturated carbocycles. The molecule has 1 aliphatic rings. The van der Waals surface area contributed by atoms with E-state index in [9.17, 15) is 14.9 Å². The highest BCUT2D eigenvalue weighted by atomic mass is 16.5. The van der Waals surface area contributed by atoms with Crippen LogP contribution in [0.3, 0.4) is 0 Å². The number of nitrogens with zero attached hydrogens (tertiary/aromatic N) is 3. The molecule has 8 nitrogen and oxygen atoms in total. The molecular formula is C27H20N4O4. The van der Waals surface area contributed by atoms with Gasteiger partial charge in [0, 0.05) is 0 Å². The first kappa shape index (κ1) is 23.2. The lowest BCUT2D eigenvalue weighted by Crippen LogP contribution is -2.46. The van der Waals surface area contributed by atoms with Crippen LogP contribution in [0.2, 0.25) is 0 Å². The Kier molecular flexibility index (Phi) is 7.15. The molecular weight excluding hydrogens is 444 g/mol. The molecule has 1 N–H and O–H groups in total. The summed E-state index contributed by atoms with van der Waals surface area (Å²) in [5.41, 5.74) is 2.33. The second kappa shape index (κ2) is 10.8. The van der Waals surface area contributed by atoms with Crippen LogP contribution in [-0.2, 0) is 16.1 Å². The summed E-state index contributed by atoms with van der Waals surface area (Å²) in [5.74, 6) is -1.24. The molecule has 35 heavy (non-hydrogen) atoms. The van der Waals surface area contributed by atoms with E-state index in [0.717, 1.165) is 0 Å². The third-order valence-electron chi connectivity index (χ3n) is 5.45. The molecule has 0 bridgehead atoms. The van der Waals surface area contributed by atoms with Crippen molar-refractivity contribution < 1.29 is 19.1 Å². The van der Waals surface area contributed by atoms with Crippen molar-refractivity contribution in [1.29, 1.82) is 10.5 Å². The Hall–Kier alpha value is -4.95. The lowest BCUT2D eigenvalue weighted by atomic mass is 9.88. The van der Waals surface area contributed by atoms with Gasteiger partial charge in [0.05, 0.1) is 28.9 Å². The minimum absolute atomic E-state index is 0.0499. The summed E-state index contributed by atoms with van der Waals surface area (Å²) in [7, 11) is 0. The van der Waals surface area contributed by atoms with Crippen LogP contribution in [0, 0.1) is 28.6 Å². The van der Waals surface area contributed by atoms with Crippen LogP contribution in [0.4, 0.5) is 4.79 Å². The summed E-state index contributed by atoms with van der Waals surface area (Å²) >= 11 is 0. The van der Waals surface area contributed by atoms with Crippen LogP contribution in [0.1, 0.15) is 28.3 Å². The van der Waals surface area contributed by atoms with Gasteiger partial charge in [-0.15, -0.1) is 0 Å². The number of para-hydroxylation sites is 1. The van der Waals surface area contributed by atoms with E-state index in [0.29, 0.717) is 28.0 Å². The number of esters is 1. The zero-order valence-corrected chi connectivity index (χ0v) is 18.5. The molecule has 0 aromatic heterocycles. The molecule has 2 amide bonds. The number of ether oxygens (including phenoxy) is 2. The number of aliphatic imine (C=N–C) groups is 1. The van der Waals surface area contributed by atoms with Gasteiger partial charge >= 0.3 is 12.0 Å². The molecule has 8 heteroatoms. The van der Waals surface area contributed by atoms with Gasteiger partial charge in [-0.1, -0.05) is 54.6 Å². The van der Waals surface area contributed by atoms with Crippen molar-refractivity contribution in [2.45, 2.75) is 12.6 Å². The fourth-order valence-electron chi connectivity index (χ4n) is 3.78. The predicted molar refractivity (Wildman–Crippen MR) is 126 cm³/mol. The Morgan fingerprint density at radius 3 is 2.49 bits per heavy atom. The Labute approximate surface area is 202 Å². The van der Waals surface area contributed by atoms with Gasteiger partial charge in [0.15, 0.2) is 0 Å². The first-order valence-electron chi connectivity index (χ1n) is 10.8. The van der Waals surface area contributed by atoms with Crippen LogP contribution in [-0.4, -0.2) is 24.3 Å². The van der Waals surface area contributed by atoms with E-state index in [1.807, 2.05) is 24.3 Å². The lowest BCUT2D eigenvalue weighted by Gasteiger charge is -2.31. The monoisotopic (exact) mass is 464 g/mol. The number of nitriles is 2. The van der Waals surface area contributed by atoms with Gasteiger partial charge in [0.1, 0.15) is 31.0 Å². The van der Waals surface area contributed by atoms with Gasteiger partial charge in [-0.3, -0.25) is 4.79 Å². The van der Waals surface area contributed by atoms with E-state index in [1.165, 1.54) is 0 Å². The van der Waals surface area contributed by atoms with E-state index in [1.54, 1.807) is 60.7 Å². The minimum atomic E-state index is -0.955. The molecule has 0 radical (unpaired) electrons. The van der Waals surface area contributed by atoms with Gasteiger partial charge in [0.2, 0.25) is 0 Å². The van der Waals surface area contributed by atoms with Crippen LogP contribution in [0.5, 0.6) is 5.75 Å². The van der Waals surface area contributed by atoms with Gasteiger partial charge in [-0.2, -0.15) is 15.5 Å². The predicted octanol–water partition coefficient (Wildman–Crippen LogP) is 4.07. The van der Waals surface area contributed by atoms with Crippen LogP contribution < -0.4 is 10.1 Å². The van der Waals surface area contributed by atoms with Crippen LogP contribution in [0.15, 0.2) is 83.9 Å². The Morgan fingerprint density at radius 2 is 1.71 bits per heavy atom. The zero-order valence-electron chi connectivity index (χ0n) is 18.5. The second-order valence-electron chi connectivity index (χ2n) is 7.74. The van der Waals surface area contributed by atoms with Crippen molar-refractivity contribution in [3.05, 3.63) is 101 Å². The van der Waals surface area contributed by atoms with Crippen molar-refractivity contribution in [2.75, 3.05) is 6.61 Å². The molecule has 3 aromatic carbocycles. The molecule has 172 valence electrons. The highest BCUT2D eigenvalue weighted by Crippen LogP contribution is 2.29. The average Bonchev–Trinajstić information content (AvgIpc) is 2.91. The number of urea groups is 1. The number of hydrogen-bond donors (Lipinski definition) is 1. The number of benzene rings is 3. The van der Waals surface area contributed by atoms with E-state index in [4.69, 9.17) is 14.7 Å². The summed E-state index contributed by atoms with van der Waals surface area (Å²) in [6.45, 7) is -0.231. The van der Waals surface area contributed by atoms with Gasteiger partial charge in [0.25, 0.3) is 0 Å². The quantitative estimate of drug-likeness (QED) is 0.526. The number of carbonyl (C=O) groups excluding carboxylic acids is 2. The molecule has 2 atom stereocenters. The van der Waals surface area contributed by atoms with Crippen LogP contribution >= 0.6 is 0 Å². The molecule has 4 rings (SSSR count). The molecule has 0 aliphatic carbocycles. The Morgan fingerprint density at radius 1 is 0.943 bits per heavy atom. The maximum Gasteiger partial charge on any atom is 0.341 e. The molecule has 0 saturated heterocycles. The standard InChI is InChI=1S/C27H20N4O4/c28-14-18-7-6-8-19(13-18)16-35-26(32)24-22(17-34-23-12-5-4-11-21(23)15-29)30-27(33)31-25(24)20-9-2-1-3-10-20/h1-13,24-25H,16-17H2,(H,31,33). The normalized spacial score (nSPS) is 16.7. The zero-order chi connectivity index (χ0) is 24.6. The van der Waals surface area contributed by atoms with Gasteiger partial charge < -0.3 is 14.8 Å². The van der Waals surface area contributed by atoms with Crippen molar-refractivity contribution in [3.63, 3.8) is 0 Å². The van der Waals surface area contributed by atoms with Crippen molar-refractivity contribution >= 4 is 17.7 Å². The number of hydrogen-bond acceptors (Lipinski definition) is 6. The molecule has 1 aliphatic heterocycles. The Balaban J connectivity index is 1.60. The van der Waals surface area contributed by atoms with E-state index in [-0.39, 0.29) is 18.9 Å². The maximum absolute atomic E-state index is 13.3. The third kappa shape index (κ3) is 5.52. The van der Waals surface area contributed by atoms with Gasteiger partial charge in [-0.25, -0.2) is 4.79 Å². The number of rotatable bonds is 7. The number of amides is 2. The van der Waals surface area contributed by atoms with E-state index < -0.39 is 24.0 Å². The van der Waals surface area contributed by atoms with Crippen molar-refractivity contribution in [2.24, 2.45) is 10.9 Å². The highest BCUT2D eigenvalue weighted by Gasteiger charge is 2.40. The van der Waals surface area contributed by atoms with E-state index in [2.05, 4.69) is 16.4 Å². The summed E-state index contributed by atoms with van der Waals surface area (Å²) in [6, 6.07) is 25.3. The van der Waals surface area contributed by atoms with Crippen molar-refractivity contribution in [1.82, 2.24) is 5.32 Å². The molecule has 0 fully saturated rings. The average molecular weight is 464 g/mol. The summed E-state index contributed by atoms with van der Waals surface area (Å²) < 4.78 is 11.4. The van der Waals surface area contributed by atoms with Crippen LogP contribution in [0.25, 0.3) is 0 Å². The smallest absolute Gasteiger partial charge is 0.341 e. The second-order valence-corrected chi connectivity index (χ2v) is 7.74. The third-order valence-corrected chi connectivity index (χ3v) is 5.45. The summed E-state index contributed by atoms with van der Waals surface area (Å²) in [6.07, 6.45) is 0. The topological polar surface area (TPSA) is 125 Å². The van der Waals surface area contributed by atoms with E-state index >= 15 is 0 Å². The molecule has 2 unspecified atom stereocenters. The fourth-order valence-corrected chi connectivity index (χ4v) is 3.78. The minimum Gasteiger partial charge on any atom is -0.486 e. The summed E-state index contributed by atoms with van der Waals surface area (Å²) in [4.78, 5) is 29.8. The fraction of sp³-hybridized carbons (Fsp3) is 0.148. The summed E-state index contributed by atoms with van der Waals surface area (Å²) in [5, 5.41) is 21.2. The first-order valence-corrected chi connectivity index (χ1v) is 10.8. The SMILES string of the molecule is N#Cc1cccc(COC(=O)C2C(COc3ccccc3C#N)=NC(=O)NC2c2ccccc2)c1. The lowest BCUT2D eigenvalue weighted by molar-refractivity contribution is -0.148. The molecule has 1 heterocycles. The highest BCUT2D eigenvalue weighted by molar-refractivity contribution is 6.10. The molecule has 0 spiro atoms. The number of nitrogens with one attached hydrogen (secondary N) is 1. The Bertz CT molecular complexity index is 1360. The van der Waals surface area contributed by atoms with Gasteiger partial charge in [-0.05, 0) is 35.4 Å². The van der Waals surface area contributed by atoms with Crippen molar-refractivity contribution in [3.8, 4) is 17.9 Å². The maximum atomic E-state index is 13.3. The largest absolute Gasteiger partial charge is 0.486 e.